The van der Waals surface area contributed by atoms with Gasteiger partial charge in [0, 0.05) is 0 Å². The number of para-hydroxylation sites is 1. The first kappa shape index (κ1) is 12.5. The Morgan fingerprint density at radius 1 is 1.26 bits per heavy atom. The molecule has 19 heavy (non-hydrogen) atoms. The van der Waals surface area contributed by atoms with Crippen molar-refractivity contribution in [2.24, 2.45) is 0 Å². The number of nitrogens with zero attached hydrogens (tertiary/aromatic N) is 1. The van der Waals surface area contributed by atoms with Crippen molar-refractivity contribution in [2.75, 3.05) is 11.1 Å². The quantitative estimate of drug-likeness (QED) is 0.713. The van der Waals surface area contributed by atoms with Gasteiger partial charge in [-0.1, -0.05) is 12.1 Å². The number of carbonyl (C=O) groups excluding carboxylic acids is 1. The lowest BCUT2D eigenvalue weighted by molar-refractivity contribution is 0.102. The molecule has 0 saturated heterocycles. The molecule has 0 aromatic heterocycles. The molecule has 0 unspecified atom stereocenters. The van der Waals surface area contributed by atoms with Gasteiger partial charge in [0.2, 0.25) is 0 Å². The maximum atomic E-state index is 11.9. The lowest BCUT2D eigenvalue weighted by atomic mass is 10.1. The summed E-state index contributed by atoms with van der Waals surface area (Å²) in [7, 11) is 0. The zero-order valence-corrected chi connectivity index (χ0v) is 9.92. The standard InChI is InChI=1S/C14H11N3O2/c15-8-9-5-6-12(11(16)7-9)17-14(19)10-3-1-2-4-13(10)18/h1-7,18H,16H2,(H,17,19). The van der Waals surface area contributed by atoms with Crippen LogP contribution in [-0.2, 0) is 0 Å². The highest BCUT2D eigenvalue weighted by molar-refractivity contribution is 6.07. The first-order valence-electron chi connectivity index (χ1n) is 5.51. The minimum Gasteiger partial charge on any atom is -0.507 e. The molecule has 0 radical (unpaired) electrons. The van der Waals surface area contributed by atoms with Gasteiger partial charge in [-0.15, -0.1) is 0 Å². The van der Waals surface area contributed by atoms with Crippen LogP contribution < -0.4 is 11.1 Å². The van der Waals surface area contributed by atoms with Gasteiger partial charge in [0.05, 0.1) is 28.6 Å². The normalized spacial score (nSPS) is 9.63. The molecular weight excluding hydrogens is 242 g/mol. The Morgan fingerprint density at radius 3 is 2.63 bits per heavy atom. The molecule has 5 heteroatoms. The van der Waals surface area contributed by atoms with Crippen molar-refractivity contribution >= 4 is 17.3 Å². The summed E-state index contributed by atoms with van der Waals surface area (Å²) in [6, 6.07) is 12.7. The number of amides is 1. The fourth-order valence-electron chi connectivity index (χ4n) is 1.60. The van der Waals surface area contributed by atoms with Crippen molar-refractivity contribution in [3.63, 3.8) is 0 Å². The van der Waals surface area contributed by atoms with Crippen LogP contribution >= 0.6 is 0 Å². The molecule has 1 amide bonds. The maximum absolute atomic E-state index is 11.9. The van der Waals surface area contributed by atoms with E-state index in [9.17, 15) is 9.90 Å². The molecule has 0 atom stereocenters. The molecule has 0 saturated carbocycles. The molecule has 5 nitrogen and oxygen atoms in total. The molecule has 0 aliphatic heterocycles. The Labute approximate surface area is 109 Å². The first-order chi connectivity index (χ1) is 9.11. The van der Waals surface area contributed by atoms with E-state index in [2.05, 4.69) is 5.32 Å². The molecule has 2 aromatic carbocycles. The van der Waals surface area contributed by atoms with Crippen molar-refractivity contribution in [3.05, 3.63) is 53.6 Å². The van der Waals surface area contributed by atoms with Gasteiger partial charge in [-0.2, -0.15) is 5.26 Å². The molecule has 0 aliphatic rings. The molecule has 0 fully saturated rings. The number of phenolic OH excluding ortho intramolecular Hbond substituents is 1. The summed E-state index contributed by atoms with van der Waals surface area (Å²) >= 11 is 0. The average molecular weight is 253 g/mol. The molecular formula is C14H11N3O2. The largest absolute Gasteiger partial charge is 0.507 e. The summed E-state index contributed by atoms with van der Waals surface area (Å²) in [5.74, 6) is -0.568. The van der Waals surface area contributed by atoms with Gasteiger partial charge in [0.1, 0.15) is 5.75 Å². The van der Waals surface area contributed by atoms with Crippen LogP contribution in [0.5, 0.6) is 5.75 Å². The number of benzene rings is 2. The van der Waals surface area contributed by atoms with Crippen molar-refractivity contribution in [1.29, 1.82) is 5.26 Å². The second kappa shape index (κ2) is 5.10. The molecule has 94 valence electrons. The van der Waals surface area contributed by atoms with E-state index in [1.807, 2.05) is 6.07 Å². The van der Waals surface area contributed by atoms with Gasteiger partial charge in [-0.3, -0.25) is 4.79 Å². The number of nitriles is 1. The number of phenols is 1. The summed E-state index contributed by atoms with van der Waals surface area (Å²) < 4.78 is 0. The minimum absolute atomic E-state index is 0.104. The van der Waals surface area contributed by atoms with E-state index in [-0.39, 0.29) is 11.3 Å². The van der Waals surface area contributed by atoms with E-state index in [4.69, 9.17) is 11.0 Å². The zero-order valence-electron chi connectivity index (χ0n) is 9.92. The lowest BCUT2D eigenvalue weighted by Gasteiger charge is -2.09. The number of hydrogen-bond donors (Lipinski definition) is 3. The number of hydrogen-bond acceptors (Lipinski definition) is 4. The molecule has 0 heterocycles. The van der Waals surface area contributed by atoms with Crippen molar-refractivity contribution in [2.45, 2.75) is 0 Å². The monoisotopic (exact) mass is 253 g/mol. The number of aromatic hydroxyl groups is 1. The molecule has 2 aromatic rings. The summed E-state index contributed by atoms with van der Waals surface area (Å²) in [6.07, 6.45) is 0. The molecule has 2 rings (SSSR count). The van der Waals surface area contributed by atoms with E-state index < -0.39 is 5.91 Å². The van der Waals surface area contributed by atoms with Gasteiger partial charge < -0.3 is 16.2 Å². The summed E-state index contributed by atoms with van der Waals surface area (Å²) in [5, 5.41) is 20.9. The van der Waals surface area contributed by atoms with Gasteiger partial charge in [-0.25, -0.2) is 0 Å². The smallest absolute Gasteiger partial charge is 0.259 e. The second-order valence-corrected chi connectivity index (χ2v) is 3.89. The van der Waals surface area contributed by atoms with Crippen LogP contribution in [0.4, 0.5) is 11.4 Å². The highest BCUT2D eigenvalue weighted by Crippen LogP contribution is 2.22. The number of anilines is 2. The van der Waals surface area contributed by atoms with Crippen molar-refractivity contribution in [1.82, 2.24) is 0 Å². The Balaban J connectivity index is 2.25. The second-order valence-electron chi connectivity index (χ2n) is 3.89. The molecule has 0 bridgehead atoms. The zero-order chi connectivity index (χ0) is 13.8. The van der Waals surface area contributed by atoms with Crippen molar-refractivity contribution in [3.8, 4) is 11.8 Å². The number of nitrogens with two attached hydrogens (primary N) is 1. The minimum atomic E-state index is -0.463. The van der Waals surface area contributed by atoms with Gasteiger partial charge in [0.15, 0.2) is 0 Å². The predicted octanol–water partition coefficient (Wildman–Crippen LogP) is 2.10. The fraction of sp³-hybridized carbons (Fsp3) is 0. The Kier molecular flexibility index (Phi) is 3.35. The third-order valence-electron chi connectivity index (χ3n) is 2.58. The summed E-state index contributed by atoms with van der Waals surface area (Å²) in [6.45, 7) is 0. The average Bonchev–Trinajstić information content (AvgIpc) is 2.41. The third kappa shape index (κ3) is 2.64. The van der Waals surface area contributed by atoms with E-state index in [1.54, 1.807) is 24.3 Å². The Morgan fingerprint density at radius 2 is 2.00 bits per heavy atom. The molecule has 4 N–H and O–H groups in total. The lowest BCUT2D eigenvalue weighted by Crippen LogP contribution is -2.13. The molecule has 0 spiro atoms. The highest BCUT2D eigenvalue weighted by Gasteiger charge is 2.11. The van der Waals surface area contributed by atoms with Crippen LogP contribution in [0.1, 0.15) is 15.9 Å². The van der Waals surface area contributed by atoms with Crippen LogP contribution in [0.15, 0.2) is 42.5 Å². The van der Waals surface area contributed by atoms with E-state index in [0.717, 1.165) is 0 Å². The fourth-order valence-corrected chi connectivity index (χ4v) is 1.60. The van der Waals surface area contributed by atoms with E-state index in [1.165, 1.54) is 18.2 Å². The van der Waals surface area contributed by atoms with Gasteiger partial charge in [-0.05, 0) is 30.3 Å². The summed E-state index contributed by atoms with van der Waals surface area (Å²) in [5.41, 5.74) is 7.00. The van der Waals surface area contributed by atoms with Crippen molar-refractivity contribution < 1.29 is 9.90 Å². The Hall–Kier alpha value is -3.00. The van der Waals surface area contributed by atoms with Crippen LogP contribution in [0.25, 0.3) is 0 Å². The van der Waals surface area contributed by atoms with Crippen LogP contribution in [0.3, 0.4) is 0 Å². The van der Waals surface area contributed by atoms with Crippen LogP contribution in [-0.4, -0.2) is 11.0 Å². The third-order valence-corrected chi connectivity index (χ3v) is 2.58. The highest BCUT2D eigenvalue weighted by atomic mass is 16.3. The van der Waals surface area contributed by atoms with Gasteiger partial charge >= 0.3 is 0 Å². The first-order valence-corrected chi connectivity index (χ1v) is 5.51. The molecule has 0 aliphatic carbocycles. The number of rotatable bonds is 2. The number of carbonyl (C=O) groups is 1. The van der Waals surface area contributed by atoms with E-state index in [0.29, 0.717) is 16.9 Å². The maximum Gasteiger partial charge on any atom is 0.259 e. The van der Waals surface area contributed by atoms with Crippen LogP contribution in [0, 0.1) is 11.3 Å². The predicted molar refractivity (Wildman–Crippen MR) is 71.6 cm³/mol. The van der Waals surface area contributed by atoms with Gasteiger partial charge in [0.25, 0.3) is 5.91 Å². The summed E-state index contributed by atoms with van der Waals surface area (Å²) in [4.78, 5) is 11.9. The number of nitrogens with one attached hydrogen (secondary N) is 1. The Bertz CT molecular complexity index is 675. The number of nitrogen functional groups attached to an aromatic ring is 1. The topological polar surface area (TPSA) is 99.1 Å². The van der Waals surface area contributed by atoms with Crippen LogP contribution in [0.2, 0.25) is 0 Å². The van der Waals surface area contributed by atoms with E-state index >= 15 is 0 Å². The SMILES string of the molecule is N#Cc1ccc(NC(=O)c2ccccc2O)c(N)c1.